The first-order valence-corrected chi connectivity index (χ1v) is 36.6. The maximum Gasteiger partial charge on any atom is 0.114 e. The average molecular weight is 1240 g/mol. The lowest BCUT2D eigenvalue weighted by Gasteiger charge is -2.13. The number of halogens is 2. The van der Waals surface area contributed by atoms with Gasteiger partial charge in [-0.05, 0) is 118 Å². The average Bonchev–Trinajstić information content (AvgIpc) is 4.29. The summed E-state index contributed by atoms with van der Waals surface area (Å²) in [4.78, 5) is 2.78. The van der Waals surface area contributed by atoms with Crippen LogP contribution in [0.4, 0.5) is 0 Å². The molecular formula is C66H102Br2N4S4. The minimum Gasteiger partial charge on any atom is -0.172 e. The van der Waals surface area contributed by atoms with Gasteiger partial charge in [-0.1, -0.05) is 259 Å². The molecule has 0 N–H and O–H groups in total. The van der Waals surface area contributed by atoms with Crippen LogP contribution in [0.1, 0.15) is 307 Å². The molecule has 4 heterocycles. The summed E-state index contributed by atoms with van der Waals surface area (Å²) in [5, 5.41) is 2.34. The maximum absolute atomic E-state index is 5.17. The molecule has 0 amide bonds. The monoisotopic (exact) mass is 1240 g/mol. The van der Waals surface area contributed by atoms with Crippen LogP contribution in [0.2, 0.25) is 0 Å². The van der Waals surface area contributed by atoms with Gasteiger partial charge in [-0.15, -0.1) is 22.7 Å². The smallest absolute Gasteiger partial charge is 0.114 e. The molecular weight excluding hydrogens is 1140 g/mol. The van der Waals surface area contributed by atoms with Crippen molar-refractivity contribution in [2.75, 3.05) is 0 Å². The number of aromatic nitrogens is 4. The fourth-order valence-corrected chi connectivity index (χ4v) is 17.2. The Morgan fingerprint density at radius 1 is 0.289 bits per heavy atom. The zero-order valence-corrected chi connectivity index (χ0v) is 54.9. The summed E-state index contributed by atoms with van der Waals surface area (Å²) in [6, 6.07) is 4.89. The molecule has 0 saturated carbocycles. The summed E-state index contributed by atoms with van der Waals surface area (Å²) in [6.45, 7) is 9.26. The highest BCUT2D eigenvalue weighted by Gasteiger charge is 2.26. The van der Waals surface area contributed by atoms with Gasteiger partial charge in [0.1, 0.15) is 22.1 Å². The van der Waals surface area contributed by atoms with Crippen LogP contribution in [0, 0.1) is 0 Å². The lowest BCUT2D eigenvalue weighted by atomic mass is 9.92. The molecule has 0 bridgehead atoms. The lowest BCUT2D eigenvalue weighted by Crippen LogP contribution is -1.96. The second kappa shape index (κ2) is 38.4. The molecule has 2 aromatic carbocycles. The third kappa shape index (κ3) is 20.6. The summed E-state index contributed by atoms with van der Waals surface area (Å²) in [7, 11) is 0. The van der Waals surface area contributed by atoms with Gasteiger partial charge in [0.05, 0.1) is 31.0 Å². The maximum atomic E-state index is 5.17. The number of thiophene rings is 2. The Hall–Kier alpha value is -1.30. The van der Waals surface area contributed by atoms with Gasteiger partial charge in [-0.3, -0.25) is 0 Å². The van der Waals surface area contributed by atoms with Crippen molar-refractivity contribution in [1.29, 1.82) is 0 Å². The fraction of sp³-hybridized carbons (Fsp3) is 0.727. The minimum absolute atomic E-state index is 1.02. The van der Waals surface area contributed by atoms with Gasteiger partial charge in [0.25, 0.3) is 0 Å². The number of unbranched alkanes of at least 4 members (excludes halogenated alkanes) is 36. The molecule has 0 atom stereocenters. The Kier molecular flexibility index (Phi) is 32.3. The lowest BCUT2D eigenvalue weighted by molar-refractivity contribution is 0.553. The standard InChI is InChI=1S/C66H102Br2N4S4/c1-5-9-13-17-21-25-29-33-37-41-45-51-53(47-43-39-35-31-27-23-19-15-11-7-3)65(67)73-63(51)57-49-55-56(59-61(57)71-75-69-59)50-58(62-60(55)70-76-72-62)64-52(46-42-38-34-30-26-22-18-14-10-6-2)54(66(68)74-64)48-44-40-36-32-28-24-20-16-12-8-4/h49-50H,5-48H2,1-4H3. The predicted molar refractivity (Wildman–Crippen MR) is 350 cm³/mol. The molecule has 6 rings (SSSR count). The van der Waals surface area contributed by atoms with Gasteiger partial charge < -0.3 is 0 Å². The van der Waals surface area contributed by atoms with Crippen LogP contribution >= 0.6 is 78.0 Å². The molecule has 0 unspecified atom stereocenters. The van der Waals surface area contributed by atoms with E-state index >= 15 is 0 Å². The summed E-state index contributed by atoms with van der Waals surface area (Å²) >= 11 is 15.0. The van der Waals surface area contributed by atoms with Crippen LogP contribution < -0.4 is 0 Å². The van der Waals surface area contributed by atoms with E-state index in [1.54, 1.807) is 22.3 Å². The molecule has 424 valence electrons. The molecule has 76 heavy (non-hydrogen) atoms. The van der Waals surface area contributed by atoms with Crippen molar-refractivity contribution in [1.82, 2.24) is 17.5 Å². The molecule has 0 aliphatic rings. The zero-order valence-electron chi connectivity index (χ0n) is 48.4. The molecule has 10 heteroatoms. The van der Waals surface area contributed by atoms with Crippen molar-refractivity contribution in [3.63, 3.8) is 0 Å². The van der Waals surface area contributed by atoms with Gasteiger partial charge in [0.15, 0.2) is 0 Å². The molecule has 4 nitrogen and oxygen atoms in total. The van der Waals surface area contributed by atoms with Crippen LogP contribution in [0.25, 0.3) is 53.7 Å². The Balaban J connectivity index is 1.25. The second-order valence-corrected chi connectivity index (χ2v) is 28.7. The molecule has 0 spiro atoms. The highest BCUT2D eigenvalue weighted by atomic mass is 79.9. The zero-order chi connectivity index (χ0) is 53.4. The summed E-state index contributed by atoms with van der Waals surface area (Å²) in [5.41, 5.74) is 12.8. The molecule has 0 aliphatic carbocycles. The molecule has 0 aliphatic heterocycles. The van der Waals surface area contributed by atoms with Crippen molar-refractivity contribution in [3.05, 3.63) is 42.0 Å². The number of rotatable bonds is 46. The van der Waals surface area contributed by atoms with E-state index in [1.807, 2.05) is 22.7 Å². The van der Waals surface area contributed by atoms with Gasteiger partial charge in [-0.2, -0.15) is 17.5 Å². The summed E-state index contributed by atoms with van der Waals surface area (Å²) in [5.74, 6) is 0. The van der Waals surface area contributed by atoms with E-state index in [-0.39, 0.29) is 0 Å². The Morgan fingerprint density at radius 2 is 0.513 bits per heavy atom. The number of nitrogens with zero attached hydrogens (tertiary/aromatic N) is 4. The first-order chi connectivity index (χ1) is 37.5. The van der Waals surface area contributed by atoms with E-state index in [1.165, 1.54) is 320 Å². The SMILES string of the molecule is CCCCCCCCCCCCc1c(Br)sc(-c2cc3c(cc(-c4sc(Br)c(CCCCCCCCCCCC)c4CCCCCCCCCCCC)c4nsnc43)c3nsnc23)c1CCCCCCCCCCCC. The number of hydrogen-bond acceptors (Lipinski definition) is 8. The molecule has 0 fully saturated rings. The van der Waals surface area contributed by atoms with E-state index in [4.69, 9.17) is 17.5 Å². The van der Waals surface area contributed by atoms with Crippen LogP contribution in [0.15, 0.2) is 19.7 Å². The van der Waals surface area contributed by atoms with E-state index < -0.39 is 0 Å². The number of fused-ring (bicyclic) bond motifs is 5. The van der Waals surface area contributed by atoms with Gasteiger partial charge in [0, 0.05) is 31.7 Å². The second-order valence-electron chi connectivity index (χ2n) is 22.9. The number of hydrogen-bond donors (Lipinski definition) is 0. The van der Waals surface area contributed by atoms with Crippen LogP contribution in [-0.2, 0) is 25.7 Å². The fourth-order valence-electron chi connectivity index (χ4n) is 12.0. The molecule has 0 saturated heterocycles. The summed E-state index contributed by atoms with van der Waals surface area (Å²) < 4.78 is 23.3. The predicted octanol–water partition coefficient (Wildman–Crippen LogP) is 25.7. The van der Waals surface area contributed by atoms with Crippen molar-refractivity contribution < 1.29 is 0 Å². The van der Waals surface area contributed by atoms with E-state index in [0.717, 1.165) is 47.8 Å². The Bertz CT molecular complexity index is 2310. The van der Waals surface area contributed by atoms with E-state index in [9.17, 15) is 0 Å². The third-order valence-electron chi connectivity index (χ3n) is 16.6. The molecule has 0 radical (unpaired) electrons. The molecule has 6 aromatic rings. The minimum atomic E-state index is 1.02. The van der Waals surface area contributed by atoms with E-state index in [2.05, 4.69) is 71.7 Å². The first-order valence-electron chi connectivity index (χ1n) is 32.0. The third-order valence-corrected chi connectivity index (χ3v) is 21.8. The quantitative estimate of drug-likeness (QED) is 0.0358. The first kappa shape index (κ1) is 63.9. The normalized spacial score (nSPS) is 12.0. The van der Waals surface area contributed by atoms with Crippen LogP contribution in [0.3, 0.4) is 0 Å². The van der Waals surface area contributed by atoms with Gasteiger partial charge >= 0.3 is 0 Å². The van der Waals surface area contributed by atoms with Gasteiger partial charge in [-0.25, -0.2) is 0 Å². The van der Waals surface area contributed by atoms with Crippen molar-refractivity contribution in [2.24, 2.45) is 0 Å². The molecule has 4 aromatic heterocycles. The van der Waals surface area contributed by atoms with Crippen molar-refractivity contribution >= 4 is 111 Å². The topological polar surface area (TPSA) is 51.6 Å². The van der Waals surface area contributed by atoms with E-state index in [0.29, 0.717) is 0 Å². The summed E-state index contributed by atoms with van der Waals surface area (Å²) in [6.07, 6.45) is 59.1. The van der Waals surface area contributed by atoms with Crippen LogP contribution in [0.5, 0.6) is 0 Å². The van der Waals surface area contributed by atoms with Crippen molar-refractivity contribution in [2.45, 2.75) is 310 Å². The van der Waals surface area contributed by atoms with Gasteiger partial charge in [0.2, 0.25) is 0 Å². The highest BCUT2D eigenvalue weighted by Crippen LogP contribution is 2.49. The van der Waals surface area contributed by atoms with Crippen LogP contribution in [-0.4, -0.2) is 17.5 Å². The Morgan fingerprint density at radius 3 is 0.776 bits per heavy atom. The Labute approximate surface area is 497 Å². The van der Waals surface area contributed by atoms with Crippen molar-refractivity contribution in [3.8, 4) is 20.9 Å². The largest absolute Gasteiger partial charge is 0.172 e. The highest BCUT2D eigenvalue weighted by molar-refractivity contribution is 9.11. The number of benzene rings is 2.